The van der Waals surface area contributed by atoms with E-state index in [0.717, 1.165) is 28.4 Å². The second-order valence-electron chi connectivity index (χ2n) is 5.64. The monoisotopic (exact) mass is 326 g/mol. The highest BCUT2D eigenvalue weighted by atomic mass is 35.5. The van der Waals surface area contributed by atoms with Gasteiger partial charge in [0.25, 0.3) is 0 Å². The fourth-order valence-electron chi connectivity index (χ4n) is 2.71. The summed E-state index contributed by atoms with van der Waals surface area (Å²) in [5.74, 6) is 0.947. The Kier molecular flexibility index (Phi) is 6.38. The minimum atomic E-state index is -0.0868. The molecule has 0 fully saturated rings. The predicted molar refractivity (Wildman–Crippen MR) is 92.4 cm³/mol. The zero-order chi connectivity index (χ0) is 15.2. The van der Waals surface area contributed by atoms with Crippen molar-refractivity contribution in [2.24, 2.45) is 0 Å². The minimum Gasteiger partial charge on any atom is -0.327 e. The molecule has 1 aromatic heterocycles. The molecule has 0 saturated heterocycles. The van der Waals surface area contributed by atoms with Crippen molar-refractivity contribution >= 4 is 34.2 Å². The van der Waals surface area contributed by atoms with E-state index in [-0.39, 0.29) is 5.38 Å². The number of benzene rings is 1. The van der Waals surface area contributed by atoms with Crippen LogP contribution in [0.4, 0.5) is 0 Å². The molecule has 2 nitrogen and oxygen atoms in total. The van der Waals surface area contributed by atoms with Crippen molar-refractivity contribution in [3.05, 3.63) is 29.0 Å². The van der Waals surface area contributed by atoms with E-state index in [1.807, 2.05) is 25.1 Å². The SMILES string of the molecule is CCCCCCCCn1c(C(C)Cl)nc2cc(Cl)ccc21. The van der Waals surface area contributed by atoms with Crippen molar-refractivity contribution in [2.75, 3.05) is 0 Å². The van der Waals surface area contributed by atoms with Gasteiger partial charge >= 0.3 is 0 Å². The van der Waals surface area contributed by atoms with Crippen LogP contribution in [0.3, 0.4) is 0 Å². The minimum absolute atomic E-state index is 0.0868. The Bertz CT molecular complexity index is 575. The Morgan fingerprint density at radius 3 is 2.57 bits per heavy atom. The lowest BCUT2D eigenvalue weighted by molar-refractivity contribution is 0.553. The number of alkyl halides is 1. The molecule has 0 aliphatic heterocycles. The van der Waals surface area contributed by atoms with Crippen molar-refractivity contribution in [1.82, 2.24) is 9.55 Å². The van der Waals surface area contributed by atoms with Crippen LogP contribution in [0.1, 0.15) is 63.6 Å². The van der Waals surface area contributed by atoms with E-state index in [9.17, 15) is 0 Å². The lowest BCUT2D eigenvalue weighted by Crippen LogP contribution is -2.04. The van der Waals surface area contributed by atoms with Crippen LogP contribution in [-0.4, -0.2) is 9.55 Å². The molecule has 116 valence electrons. The number of unbranched alkanes of at least 4 members (excludes halogenated alkanes) is 5. The fraction of sp³-hybridized carbons (Fsp3) is 0.588. The number of nitrogens with zero attached hydrogens (tertiary/aromatic N) is 2. The number of fused-ring (bicyclic) bond motifs is 1. The summed E-state index contributed by atoms with van der Waals surface area (Å²) in [5.41, 5.74) is 2.08. The normalized spacial score (nSPS) is 13.0. The maximum Gasteiger partial charge on any atom is 0.127 e. The summed E-state index contributed by atoms with van der Waals surface area (Å²) in [6.45, 7) is 5.20. The Morgan fingerprint density at radius 1 is 1.14 bits per heavy atom. The highest BCUT2D eigenvalue weighted by Crippen LogP contribution is 2.27. The third kappa shape index (κ3) is 4.37. The zero-order valence-electron chi connectivity index (χ0n) is 12.9. The Labute approximate surface area is 137 Å². The van der Waals surface area contributed by atoms with E-state index in [4.69, 9.17) is 23.2 Å². The Morgan fingerprint density at radius 2 is 1.86 bits per heavy atom. The van der Waals surface area contributed by atoms with E-state index >= 15 is 0 Å². The van der Waals surface area contributed by atoms with E-state index in [2.05, 4.69) is 16.5 Å². The van der Waals surface area contributed by atoms with Crippen molar-refractivity contribution in [3.63, 3.8) is 0 Å². The van der Waals surface area contributed by atoms with Gasteiger partial charge in [0.05, 0.1) is 16.4 Å². The van der Waals surface area contributed by atoms with E-state index in [1.54, 1.807) is 0 Å². The van der Waals surface area contributed by atoms with Crippen LogP contribution in [0, 0.1) is 0 Å². The van der Waals surface area contributed by atoms with Gasteiger partial charge in [-0.2, -0.15) is 0 Å². The molecule has 2 aromatic rings. The molecule has 1 heterocycles. The first-order valence-electron chi connectivity index (χ1n) is 7.93. The van der Waals surface area contributed by atoms with Gasteiger partial charge < -0.3 is 4.57 Å². The Hall–Kier alpha value is -0.730. The third-order valence-corrected chi connectivity index (χ3v) is 4.26. The van der Waals surface area contributed by atoms with Crippen molar-refractivity contribution in [3.8, 4) is 0 Å². The standard InChI is InChI=1S/C17H24Cl2N2/c1-3-4-5-6-7-8-11-21-16-10-9-14(19)12-15(16)20-17(21)13(2)18/h9-10,12-13H,3-8,11H2,1-2H3. The maximum absolute atomic E-state index is 6.28. The molecule has 2 rings (SSSR count). The summed E-state index contributed by atoms with van der Waals surface area (Å²) in [6, 6.07) is 5.88. The molecule has 0 aliphatic rings. The molecule has 1 unspecified atom stereocenters. The summed E-state index contributed by atoms with van der Waals surface area (Å²) in [7, 11) is 0. The molecule has 0 bridgehead atoms. The van der Waals surface area contributed by atoms with Gasteiger partial charge in [-0.3, -0.25) is 0 Å². The lowest BCUT2D eigenvalue weighted by atomic mass is 10.1. The first-order chi connectivity index (χ1) is 10.1. The molecule has 0 radical (unpaired) electrons. The average molecular weight is 327 g/mol. The highest BCUT2D eigenvalue weighted by Gasteiger charge is 2.14. The zero-order valence-corrected chi connectivity index (χ0v) is 14.4. The molecule has 1 aromatic carbocycles. The smallest absolute Gasteiger partial charge is 0.127 e. The van der Waals surface area contributed by atoms with E-state index < -0.39 is 0 Å². The third-order valence-electron chi connectivity index (χ3n) is 3.83. The number of rotatable bonds is 8. The van der Waals surface area contributed by atoms with Crippen LogP contribution in [0.2, 0.25) is 5.02 Å². The van der Waals surface area contributed by atoms with Crippen LogP contribution >= 0.6 is 23.2 Å². The molecule has 0 N–H and O–H groups in total. The first-order valence-corrected chi connectivity index (χ1v) is 8.74. The molecule has 0 saturated carbocycles. The second kappa shape index (κ2) is 8.05. The topological polar surface area (TPSA) is 17.8 Å². The molecule has 4 heteroatoms. The van der Waals surface area contributed by atoms with Gasteiger partial charge in [-0.15, -0.1) is 11.6 Å². The van der Waals surface area contributed by atoms with E-state index in [1.165, 1.54) is 38.5 Å². The summed E-state index contributed by atoms with van der Waals surface area (Å²) >= 11 is 12.3. The van der Waals surface area contributed by atoms with Crippen LogP contribution in [0.5, 0.6) is 0 Å². The van der Waals surface area contributed by atoms with Crippen molar-refractivity contribution in [2.45, 2.75) is 64.3 Å². The molecule has 21 heavy (non-hydrogen) atoms. The summed E-state index contributed by atoms with van der Waals surface area (Å²) in [4.78, 5) is 4.65. The first kappa shape index (κ1) is 16.6. The van der Waals surface area contributed by atoms with Crippen LogP contribution < -0.4 is 0 Å². The average Bonchev–Trinajstić information content (AvgIpc) is 2.80. The van der Waals surface area contributed by atoms with Gasteiger partial charge in [0, 0.05) is 11.6 Å². The lowest BCUT2D eigenvalue weighted by Gasteiger charge is -2.10. The van der Waals surface area contributed by atoms with Crippen LogP contribution in [0.25, 0.3) is 11.0 Å². The number of aryl methyl sites for hydroxylation is 1. The number of hydrogen-bond acceptors (Lipinski definition) is 1. The molecular weight excluding hydrogens is 303 g/mol. The van der Waals surface area contributed by atoms with Crippen molar-refractivity contribution < 1.29 is 0 Å². The van der Waals surface area contributed by atoms with Crippen molar-refractivity contribution in [1.29, 1.82) is 0 Å². The quantitative estimate of drug-likeness (QED) is 0.408. The number of aromatic nitrogens is 2. The van der Waals surface area contributed by atoms with Gasteiger partial charge in [-0.05, 0) is 31.5 Å². The molecule has 1 atom stereocenters. The van der Waals surface area contributed by atoms with Crippen LogP contribution in [-0.2, 0) is 6.54 Å². The van der Waals surface area contributed by atoms with Gasteiger partial charge in [-0.25, -0.2) is 4.98 Å². The van der Waals surface area contributed by atoms with E-state index in [0.29, 0.717) is 0 Å². The summed E-state index contributed by atoms with van der Waals surface area (Å²) in [6.07, 6.45) is 7.74. The fourth-order valence-corrected chi connectivity index (χ4v) is 3.04. The maximum atomic E-state index is 6.28. The molecule has 0 spiro atoms. The number of imidazole rings is 1. The van der Waals surface area contributed by atoms with Gasteiger partial charge in [-0.1, -0.05) is 50.6 Å². The molecule has 0 aliphatic carbocycles. The highest BCUT2D eigenvalue weighted by molar-refractivity contribution is 6.31. The summed E-state index contributed by atoms with van der Waals surface area (Å²) < 4.78 is 2.25. The van der Waals surface area contributed by atoms with Gasteiger partial charge in [0.1, 0.15) is 5.82 Å². The summed E-state index contributed by atoms with van der Waals surface area (Å²) in [5, 5.41) is 0.636. The number of hydrogen-bond donors (Lipinski definition) is 0. The number of halogens is 2. The largest absolute Gasteiger partial charge is 0.327 e. The molecular formula is C17H24Cl2N2. The van der Waals surface area contributed by atoms with Gasteiger partial charge in [0.15, 0.2) is 0 Å². The van der Waals surface area contributed by atoms with Crippen LogP contribution in [0.15, 0.2) is 18.2 Å². The predicted octanol–water partition coefficient (Wildman–Crippen LogP) is 6.35. The second-order valence-corrected chi connectivity index (χ2v) is 6.73. The molecule has 0 amide bonds. The Balaban J connectivity index is 2.08. The van der Waals surface area contributed by atoms with Gasteiger partial charge in [0.2, 0.25) is 0 Å².